The van der Waals surface area contributed by atoms with Crippen molar-refractivity contribution in [1.82, 2.24) is 15.1 Å². The Kier molecular flexibility index (Phi) is 8.50. The molecule has 5 heteroatoms. The molecule has 29 heavy (non-hydrogen) atoms. The van der Waals surface area contributed by atoms with E-state index in [1.807, 2.05) is 36.4 Å². The molecular weight excluding hydrogens is 360 g/mol. The second kappa shape index (κ2) is 11.6. The molecule has 0 bridgehead atoms. The first kappa shape index (κ1) is 21.3. The van der Waals surface area contributed by atoms with Crippen molar-refractivity contribution in [1.29, 1.82) is 0 Å². The molecule has 0 atom stereocenters. The Morgan fingerprint density at radius 1 is 1.14 bits per heavy atom. The number of allylic oxidation sites excluding steroid dienone is 2. The zero-order valence-electron chi connectivity index (χ0n) is 17.6. The Bertz CT molecular complexity index is 718. The van der Waals surface area contributed by atoms with Crippen LogP contribution in [0.5, 0.6) is 0 Å². The van der Waals surface area contributed by atoms with Crippen molar-refractivity contribution >= 4 is 11.7 Å². The molecule has 1 N–H and O–H groups in total. The third kappa shape index (κ3) is 6.86. The number of nitrogens with one attached hydrogen (secondary N) is 1. The maximum atomic E-state index is 13.0. The molecule has 3 rings (SSSR count). The summed E-state index contributed by atoms with van der Waals surface area (Å²) < 4.78 is 0. The van der Waals surface area contributed by atoms with Gasteiger partial charge in [-0.1, -0.05) is 68.0 Å². The van der Waals surface area contributed by atoms with Gasteiger partial charge in [-0.2, -0.15) is 0 Å². The lowest BCUT2D eigenvalue weighted by Crippen LogP contribution is -2.46. The van der Waals surface area contributed by atoms with Gasteiger partial charge in [0.25, 0.3) is 5.91 Å². The van der Waals surface area contributed by atoms with Crippen molar-refractivity contribution in [2.45, 2.75) is 32.7 Å². The minimum Gasteiger partial charge on any atom is -0.348 e. The number of likely N-dealkylation sites (tertiary alicyclic amines) is 1. The second-order valence-corrected chi connectivity index (χ2v) is 7.84. The van der Waals surface area contributed by atoms with Crippen LogP contribution >= 0.6 is 0 Å². The molecule has 0 aromatic heterocycles. The van der Waals surface area contributed by atoms with Crippen molar-refractivity contribution in [2.24, 2.45) is 10.9 Å². The fourth-order valence-electron chi connectivity index (χ4n) is 3.92. The number of benzene rings is 1. The van der Waals surface area contributed by atoms with Gasteiger partial charge in [0.05, 0.1) is 6.54 Å². The molecule has 2 aliphatic rings. The molecule has 0 radical (unpaired) electrons. The van der Waals surface area contributed by atoms with Crippen LogP contribution in [0, 0.1) is 5.92 Å². The van der Waals surface area contributed by atoms with Crippen LogP contribution in [0.2, 0.25) is 0 Å². The van der Waals surface area contributed by atoms with Gasteiger partial charge in [-0.25, -0.2) is 0 Å². The van der Waals surface area contributed by atoms with Crippen LogP contribution in [-0.2, 0) is 11.3 Å². The zero-order chi connectivity index (χ0) is 20.3. The summed E-state index contributed by atoms with van der Waals surface area (Å²) in [5.74, 6) is 1.32. The van der Waals surface area contributed by atoms with Crippen LogP contribution in [0.3, 0.4) is 0 Å². The fourth-order valence-corrected chi connectivity index (χ4v) is 3.92. The van der Waals surface area contributed by atoms with E-state index >= 15 is 0 Å². The number of aliphatic imine (C=N–C) groups is 1. The van der Waals surface area contributed by atoms with E-state index in [2.05, 4.69) is 45.2 Å². The number of hydrogen-bond donors (Lipinski definition) is 1. The Morgan fingerprint density at radius 3 is 2.66 bits per heavy atom. The summed E-state index contributed by atoms with van der Waals surface area (Å²) in [5.41, 5.74) is 1.17. The Hall–Kier alpha value is -2.40. The van der Waals surface area contributed by atoms with Crippen LogP contribution < -0.4 is 5.32 Å². The van der Waals surface area contributed by atoms with Gasteiger partial charge in [0, 0.05) is 26.2 Å². The number of nitrogens with zero attached hydrogens (tertiary/aromatic N) is 3. The highest BCUT2D eigenvalue weighted by atomic mass is 16.2. The maximum Gasteiger partial charge on any atom is 0.286 e. The molecule has 156 valence electrons. The lowest BCUT2D eigenvalue weighted by Gasteiger charge is -2.31. The Labute approximate surface area is 175 Å². The molecule has 0 aliphatic carbocycles. The first-order valence-electron chi connectivity index (χ1n) is 10.9. The summed E-state index contributed by atoms with van der Waals surface area (Å²) in [6.45, 7) is 7.99. The minimum absolute atomic E-state index is 0.0759. The average molecular weight is 395 g/mol. The lowest BCUT2D eigenvalue weighted by molar-refractivity contribution is -0.115. The van der Waals surface area contributed by atoms with Gasteiger partial charge in [0.1, 0.15) is 0 Å². The minimum atomic E-state index is -0.0759. The van der Waals surface area contributed by atoms with Crippen LogP contribution in [0.4, 0.5) is 0 Å². The largest absolute Gasteiger partial charge is 0.348 e. The van der Waals surface area contributed by atoms with E-state index < -0.39 is 0 Å². The maximum absolute atomic E-state index is 13.0. The normalized spacial score (nSPS) is 20.9. The molecule has 1 saturated heterocycles. The molecule has 1 aromatic rings. The van der Waals surface area contributed by atoms with Gasteiger partial charge in [-0.05, 0) is 37.4 Å². The number of piperidine rings is 1. The third-order valence-electron chi connectivity index (χ3n) is 5.77. The van der Waals surface area contributed by atoms with Gasteiger partial charge < -0.3 is 15.1 Å². The number of amidine groups is 1. The number of amides is 1. The SMILES string of the molecule is CCC1CCN(CCNC(=O)C2=NC/C=C\C=C/CN2Cc2ccccc2)CC1. The highest BCUT2D eigenvalue weighted by molar-refractivity contribution is 6.37. The van der Waals surface area contributed by atoms with Crippen molar-refractivity contribution < 1.29 is 4.79 Å². The predicted octanol–water partition coefficient (Wildman–Crippen LogP) is 3.25. The standard InChI is InChI=1S/C24H34N4O/c1-2-21-12-17-27(18-13-21)19-15-26-24(29)23-25-14-8-3-4-9-16-28(23)20-22-10-6-5-7-11-22/h3-11,21H,2,12-20H2,1H3,(H,26,29)/b8-3-,9-4-,25-23?. The van der Waals surface area contributed by atoms with Crippen LogP contribution in [-0.4, -0.2) is 60.8 Å². The molecule has 1 fully saturated rings. The Morgan fingerprint density at radius 2 is 1.90 bits per heavy atom. The van der Waals surface area contributed by atoms with Crippen molar-refractivity contribution in [3.05, 3.63) is 60.2 Å². The van der Waals surface area contributed by atoms with Gasteiger partial charge in [0.15, 0.2) is 5.84 Å². The molecule has 0 saturated carbocycles. The molecule has 1 amide bonds. The molecule has 0 spiro atoms. The van der Waals surface area contributed by atoms with Crippen molar-refractivity contribution in [3.63, 3.8) is 0 Å². The van der Waals surface area contributed by atoms with E-state index in [-0.39, 0.29) is 5.91 Å². The Balaban J connectivity index is 1.57. The van der Waals surface area contributed by atoms with E-state index in [1.54, 1.807) is 0 Å². The number of carbonyl (C=O) groups excluding carboxylic acids is 1. The quantitative estimate of drug-likeness (QED) is 0.772. The highest BCUT2D eigenvalue weighted by Gasteiger charge is 2.21. The summed E-state index contributed by atoms with van der Waals surface area (Å²) in [6.07, 6.45) is 11.9. The lowest BCUT2D eigenvalue weighted by atomic mass is 9.94. The monoisotopic (exact) mass is 394 g/mol. The average Bonchev–Trinajstić information content (AvgIpc) is 2.87. The zero-order valence-corrected chi connectivity index (χ0v) is 17.6. The van der Waals surface area contributed by atoms with E-state index in [0.717, 1.165) is 25.6 Å². The summed E-state index contributed by atoms with van der Waals surface area (Å²) in [6, 6.07) is 10.2. The van der Waals surface area contributed by atoms with Crippen molar-refractivity contribution in [2.75, 3.05) is 39.3 Å². The van der Waals surface area contributed by atoms with E-state index in [4.69, 9.17) is 0 Å². The molecule has 5 nitrogen and oxygen atoms in total. The second-order valence-electron chi connectivity index (χ2n) is 7.84. The first-order valence-corrected chi connectivity index (χ1v) is 10.9. The molecule has 1 aromatic carbocycles. The topological polar surface area (TPSA) is 47.9 Å². The predicted molar refractivity (Wildman–Crippen MR) is 120 cm³/mol. The summed E-state index contributed by atoms with van der Waals surface area (Å²) >= 11 is 0. The smallest absolute Gasteiger partial charge is 0.286 e. The highest BCUT2D eigenvalue weighted by Crippen LogP contribution is 2.19. The van der Waals surface area contributed by atoms with Gasteiger partial charge >= 0.3 is 0 Å². The fraction of sp³-hybridized carbons (Fsp3) is 0.500. The van der Waals surface area contributed by atoms with Gasteiger partial charge in [0.2, 0.25) is 0 Å². The molecule has 2 heterocycles. The number of hydrogen-bond acceptors (Lipinski definition) is 4. The van der Waals surface area contributed by atoms with Crippen LogP contribution in [0.15, 0.2) is 59.6 Å². The molecule has 2 aliphatic heterocycles. The number of carbonyl (C=O) groups is 1. The van der Waals surface area contributed by atoms with Crippen LogP contribution in [0.1, 0.15) is 31.7 Å². The summed E-state index contributed by atoms with van der Waals surface area (Å²) in [5, 5.41) is 3.11. The van der Waals surface area contributed by atoms with Crippen molar-refractivity contribution in [3.8, 4) is 0 Å². The van der Waals surface area contributed by atoms with Gasteiger partial charge in [-0.15, -0.1) is 0 Å². The molecular formula is C24H34N4O. The molecule has 0 unspecified atom stereocenters. The van der Waals surface area contributed by atoms with E-state index in [1.165, 1.54) is 24.8 Å². The summed E-state index contributed by atoms with van der Waals surface area (Å²) in [7, 11) is 0. The third-order valence-corrected chi connectivity index (χ3v) is 5.77. The first-order chi connectivity index (χ1) is 14.3. The number of rotatable bonds is 7. The van der Waals surface area contributed by atoms with E-state index in [9.17, 15) is 4.79 Å². The summed E-state index contributed by atoms with van der Waals surface area (Å²) in [4.78, 5) is 22.1. The van der Waals surface area contributed by atoms with Crippen LogP contribution in [0.25, 0.3) is 0 Å². The van der Waals surface area contributed by atoms with E-state index in [0.29, 0.717) is 32.0 Å². The van der Waals surface area contributed by atoms with Gasteiger partial charge in [-0.3, -0.25) is 9.79 Å².